The van der Waals surface area contributed by atoms with Crippen LogP contribution in [0.2, 0.25) is 0 Å². The van der Waals surface area contributed by atoms with Crippen LogP contribution >= 0.6 is 0 Å². The van der Waals surface area contributed by atoms with Gasteiger partial charge in [-0.2, -0.15) is 10.4 Å². The van der Waals surface area contributed by atoms with Crippen LogP contribution in [-0.4, -0.2) is 52.3 Å². The van der Waals surface area contributed by atoms with Gasteiger partial charge < -0.3 is 10.2 Å². The molecule has 0 spiro atoms. The maximum Gasteiger partial charge on any atom is 0.157 e. The summed E-state index contributed by atoms with van der Waals surface area (Å²) in [6, 6.07) is 11.4. The van der Waals surface area contributed by atoms with Crippen LogP contribution in [-0.2, 0) is 0 Å². The number of hydrogen-bond donors (Lipinski definition) is 1. The molecule has 0 saturated carbocycles. The predicted molar refractivity (Wildman–Crippen MR) is 122 cm³/mol. The highest BCUT2D eigenvalue weighted by atomic mass is 15.4. The molecule has 2 fully saturated rings. The highest BCUT2D eigenvalue weighted by Gasteiger charge is 2.45. The average Bonchev–Trinajstić information content (AvgIpc) is 3.03. The van der Waals surface area contributed by atoms with Gasteiger partial charge >= 0.3 is 0 Å². The van der Waals surface area contributed by atoms with Crippen molar-refractivity contribution in [2.75, 3.05) is 30.4 Å². The zero-order chi connectivity index (χ0) is 21.7. The van der Waals surface area contributed by atoms with Crippen LogP contribution in [0.25, 0.3) is 10.8 Å². The van der Waals surface area contributed by atoms with Crippen molar-refractivity contribution < 1.29 is 0 Å². The van der Waals surface area contributed by atoms with Crippen molar-refractivity contribution >= 4 is 22.4 Å². The smallest absolute Gasteiger partial charge is 0.157 e. The van der Waals surface area contributed by atoms with Crippen molar-refractivity contribution in [3.05, 3.63) is 52.8 Å². The quantitative estimate of drug-likeness (QED) is 0.700. The number of anilines is 2. The number of likely N-dealkylation sites (tertiary alicyclic amines) is 1. The Morgan fingerprint density at radius 2 is 2.03 bits per heavy atom. The second-order valence-electron chi connectivity index (χ2n) is 8.78. The Morgan fingerprint density at radius 1 is 1.19 bits per heavy atom. The first-order valence-corrected chi connectivity index (χ1v) is 10.8. The van der Waals surface area contributed by atoms with E-state index in [9.17, 15) is 5.26 Å². The number of benzene rings is 1. The molecular weight excluding hydrogens is 386 g/mol. The van der Waals surface area contributed by atoms with E-state index in [4.69, 9.17) is 4.98 Å². The van der Waals surface area contributed by atoms with E-state index in [-0.39, 0.29) is 6.04 Å². The van der Waals surface area contributed by atoms with Crippen molar-refractivity contribution in [1.82, 2.24) is 20.1 Å². The van der Waals surface area contributed by atoms with Crippen molar-refractivity contribution in [3.63, 3.8) is 0 Å². The molecule has 2 aliphatic heterocycles. The second kappa shape index (κ2) is 7.47. The number of fused-ring (bicyclic) bond motifs is 2. The number of rotatable bonds is 4. The Labute approximate surface area is 182 Å². The molecule has 5 rings (SSSR count). The van der Waals surface area contributed by atoms with Gasteiger partial charge in [0.1, 0.15) is 5.82 Å². The summed E-state index contributed by atoms with van der Waals surface area (Å²) in [7, 11) is 2.21. The largest absolute Gasteiger partial charge is 0.362 e. The van der Waals surface area contributed by atoms with Gasteiger partial charge in [0.15, 0.2) is 5.82 Å². The van der Waals surface area contributed by atoms with Crippen LogP contribution in [0.15, 0.2) is 30.5 Å². The summed E-state index contributed by atoms with van der Waals surface area (Å²) >= 11 is 0. The molecule has 2 saturated heterocycles. The summed E-state index contributed by atoms with van der Waals surface area (Å²) in [5.41, 5.74) is 3.65. The van der Waals surface area contributed by atoms with Gasteiger partial charge in [-0.1, -0.05) is 12.1 Å². The van der Waals surface area contributed by atoms with Crippen LogP contribution < -0.4 is 10.2 Å². The lowest BCUT2D eigenvalue weighted by Gasteiger charge is -2.47. The summed E-state index contributed by atoms with van der Waals surface area (Å²) < 4.78 is 0. The molecular formula is C24H27N7. The lowest BCUT2D eigenvalue weighted by Crippen LogP contribution is -2.61. The standard InChI is InChI=1S/C24H27N7/c1-14-17(11-25)6-5-7-18(14)15(2)27-24-19-10-23(26-12-20(19)16(3)28-29-24)31-13-22-21(31)8-9-30(22)4/h5-7,10,12,15,21-22H,8-9,13H2,1-4H3,(H,27,29)/t15-,21-,22-/m1/s1. The second-order valence-corrected chi connectivity index (χ2v) is 8.78. The first-order valence-electron chi connectivity index (χ1n) is 10.8. The summed E-state index contributed by atoms with van der Waals surface area (Å²) in [6.07, 6.45) is 3.11. The highest BCUT2D eigenvalue weighted by Crippen LogP contribution is 2.37. The molecule has 0 aliphatic carbocycles. The van der Waals surface area contributed by atoms with Crippen LogP contribution in [0.5, 0.6) is 0 Å². The van der Waals surface area contributed by atoms with E-state index >= 15 is 0 Å². The van der Waals surface area contributed by atoms with Crippen molar-refractivity contribution in [3.8, 4) is 6.07 Å². The molecule has 1 N–H and O–H groups in total. The van der Waals surface area contributed by atoms with Gasteiger partial charge in [-0.25, -0.2) is 4.98 Å². The first kappa shape index (κ1) is 19.7. The Morgan fingerprint density at radius 3 is 2.81 bits per heavy atom. The molecule has 3 atom stereocenters. The molecule has 0 unspecified atom stereocenters. The summed E-state index contributed by atoms with van der Waals surface area (Å²) in [4.78, 5) is 9.63. The monoisotopic (exact) mass is 413 g/mol. The van der Waals surface area contributed by atoms with Gasteiger partial charge in [0.05, 0.1) is 23.4 Å². The van der Waals surface area contributed by atoms with E-state index in [1.54, 1.807) is 0 Å². The van der Waals surface area contributed by atoms with Crippen LogP contribution in [0.1, 0.15) is 41.8 Å². The average molecular weight is 414 g/mol. The number of nitrogens with zero attached hydrogens (tertiary/aromatic N) is 6. The lowest BCUT2D eigenvalue weighted by molar-refractivity contribution is 0.241. The van der Waals surface area contributed by atoms with Crippen LogP contribution in [0.3, 0.4) is 0 Å². The van der Waals surface area contributed by atoms with Crippen LogP contribution in [0, 0.1) is 25.2 Å². The normalized spacial score (nSPS) is 21.5. The number of pyridine rings is 1. The summed E-state index contributed by atoms with van der Waals surface area (Å²) in [5, 5.41) is 23.8. The Hall–Kier alpha value is -3.24. The minimum Gasteiger partial charge on any atom is -0.362 e. The Kier molecular flexibility index (Phi) is 4.75. The molecule has 4 heterocycles. The van der Waals surface area contributed by atoms with E-state index in [0.29, 0.717) is 17.6 Å². The first-order chi connectivity index (χ1) is 15.0. The number of likely N-dealkylation sites (N-methyl/N-ethyl adjacent to an activating group) is 1. The Balaban J connectivity index is 1.49. The lowest BCUT2D eigenvalue weighted by atomic mass is 9.97. The number of hydrogen-bond acceptors (Lipinski definition) is 7. The van der Waals surface area contributed by atoms with Gasteiger partial charge in [0.2, 0.25) is 0 Å². The molecule has 0 bridgehead atoms. The fourth-order valence-electron chi connectivity index (χ4n) is 5.03. The fourth-order valence-corrected chi connectivity index (χ4v) is 5.03. The molecule has 2 aromatic heterocycles. The predicted octanol–water partition coefficient (Wildman–Crippen LogP) is 3.58. The number of aryl methyl sites for hydroxylation is 1. The van der Waals surface area contributed by atoms with E-state index < -0.39 is 0 Å². The maximum atomic E-state index is 9.37. The summed E-state index contributed by atoms with van der Waals surface area (Å²) in [6.45, 7) is 8.22. The third kappa shape index (κ3) is 3.19. The minimum atomic E-state index is -0.0120. The van der Waals surface area contributed by atoms with Gasteiger partial charge in [-0.15, -0.1) is 5.10 Å². The summed E-state index contributed by atoms with van der Waals surface area (Å²) in [5.74, 6) is 1.76. The molecule has 31 heavy (non-hydrogen) atoms. The molecule has 158 valence electrons. The van der Waals surface area contributed by atoms with Crippen molar-refractivity contribution in [1.29, 1.82) is 5.26 Å². The van der Waals surface area contributed by atoms with Crippen LogP contribution in [0.4, 0.5) is 11.6 Å². The van der Waals surface area contributed by atoms with Gasteiger partial charge in [0.25, 0.3) is 0 Å². The number of aromatic nitrogens is 3. The number of nitriles is 1. The highest BCUT2D eigenvalue weighted by molar-refractivity contribution is 5.94. The topological polar surface area (TPSA) is 81.0 Å². The minimum absolute atomic E-state index is 0.0120. The molecule has 7 nitrogen and oxygen atoms in total. The van der Waals surface area contributed by atoms with E-state index in [1.165, 1.54) is 6.42 Å². The molecule has 2 aliphatic rings. The van der Waals surface area contributed by atoms with Crippen molar-refractivity contribution in [2.45, 2.75) is 45.3 Å². The van der Waals surface area contributed by atoms with E-state index in [1.807, 2.05) is 32.2 Å². The Bertz CT molecular complexity index is 1200. The molecule has 7 heteroatoms. The molecule has 1 aromatic carbocycles. The molecule has 3 aromatic rings. The third-order valence-electron chi connectivity index (χ3n) is 7.02. The van der Waals surface area contributed by atoms with E-state index in [2.05, 4.69) is 57.5 Å². The zero-order valence-electron chi connectivity index (χ0n) is 18.4. The zero-order valence-corrected chi connectivity index (χ0v) is 18.4. The van der Waals surface area contributed by atoms with E-state index in [0.717, 1.165) is 52.3 Å². The number of nitrogens with one attached hydrogen (secondary N) is 1. The molecule has 0 amide bonds. The molecule has 0 radical (unpaired) electrons. The van der Waals surface area contributed by atoms with Gasteiger partial charge in [0, 0.05) is 42.1 Å². The van der Waals surface area contributed by atoms with Crippen molar-refractivity contribution in [2.24, 2.45) is 0 Å². The fraction of sp³-hybridized carbons (Fsp3) is 0.417. The third-order valence-corrected chi connectivity index (χ3v) is 7.02. The SMILES string of the molecule is Cc1c(C#N)cccc1[C@@H](C)Nc1nnc(C)c2cnc(N3C[C@@H]4[C@H]3CCN4C)cc12. The van der Waals surface area contributed by atoms with Gasteiger partial charge in [-0.3, -0.25) is 4.90 Å². The van der Waals surface area contributed by atoms with Gasteiger partial charge in [-0.05, 0) is 57.5 Å². The maximum absolute atomic E-state index is 9.37.